The second kappa shape index (κ2) is 5.86. The van der Waals surface area contributed by atoms with Crippen LogP contribution in [-0.2, 0) is 0 Å². The molecule has 0 aromatic heterocycles. The molecule has 0 atom stereocenters. The highest BCUT2D eigenvalue weighted by Gasteiger charge is 1.94. The molecular formula is C17H16. The average molecular weight is 220 g/mol. The van der Waals surface area contributed by atoms with Crippen LogP contribution in [0.5, 0.6) is 0 Å². The first kappa shape index (κ1) is 11.4. The van der Waals surface area contributed by atoms with Gasteiger partial charge in [-0.3, -0.25) is 0 Å². The third-order valence-corrected chi connectivity index (χ3v) is 2.61. The lowest BCUT2D eigenvalue weighted by Crippen LogP contribution is -1.77. The molecule has 0 N–H and O–H groups in total. The largest absolute Gasteiger partial charge is 0.0877 e. The molecule has 0 bridgehead atoms. The maximum absolute atomic E-state index is 2.16. The van der Waals surface area contributed by atoms with Gasteiger partial charge in [-0.05, 0) is 23.6 Å². The molecule has 0 saturated heterocycles. The summed E-state index contributed by atoms with van der Waals surface area (Å²) in [7, 11) is 0. The Hall–Kier alpha value is -2.08. The highest BCUT2D eigenvalue weighted by Crippen LogP contribution is 2.19. The molecule has 0 heterocycles. The van der Waals surface area contributed by atoms with E-state index in [0.29, 0.717) is 0 Å². The van der Waals surface area contributed by atoms with Crippen molar-refractivity contribution in [3.63, 3.8) is 0 Å². The molecule has 0 saturated carbocycles. The molecule has 0 aliphatic heterocycles. The molecule has 0 aliphatic rings. The van der Waals surface area contributed by atoms with Crippen molar-refractivity contribution in [2.75, 3.05) is 0 Å². The van der Waals surface area contributed by atoms with Gasteiger partial charge in [0.15, 0.2) is 0 Å². The zero-order valence-corrected chi connectivity index (χ0v) is 10.0. The summed E-state index contributed by atoms with van der Waals surface area (Å²) in [5.74, 6) is 0. The highest BCUT2D eigenvalue weighted by atomic mass is 14.0. The van der Waals surface area contributed by atoms with Gasteiger partial charge in [-0.1, -0.05) is 78.9 Å². The minimum Gasteiger partial charge on any atom is -0.0877 e. The van der Waals surface area contributed by atoms with Crippen molar-refractivity contribution in [2.45, 2.75) is 6.92 Å². The van der Waals surface area contributed by atoms with Crippen LogP contribution in [-0.4, -0.2) is 0 Å². The van der Waals surface area contributed by atoms with E-state index in [0.717, 1.165) is 0 Å². The van der Waals surface area contributed by atoms with Gasteiger partial charge >= 0.3 is 0 Å². The van der Waals surface area contributed by atoms with Crippen LogP contribution in [0.1, 0.15) is 12.5 Å². The molecule has 0 spiro atoms. The Morgan fingerprint density at radius 3 is 2.00 bits per heavy atom. The van der Waals surface area contributed by atoms with Crippen LogP contribution >= 0.6 is 0 Å². The zero-order chi connectivity index (χ0) is 11.9. The van der Waals surface area contributed by atoms with Gasteiger partial charge in [-0.15, -0.1) is 0 Å². The SMILES string of the molecule is C/C=C/C=C/c1ccc(-c2ccccc2)cc1. The normalized spacial score (nSPS) is 11.4. The van der Waals surface area contributed by atoms with Crippen LogP contribution in [0.2, 0.25) is 0 Å². The molecule has 0 amide bonds. The van der Waals surface area contributed by atoms with E-state index in [1.165, 1.54) is 16.7 Å². The molecule has 2 rings (SSSR count). The van der Waals surface area contributed by atoms with E-state index in [1.807, 2.05) is 25.1 Å². The smallest absolute Gasteiger partial charge is 0.0184 e. The van der Waals surface area contributed by atoms with Crippen LogP contribution in [0.15, 0.2) is 72.8 Å². The molecule has 0 heteroatoms. The second-order valence-electron chi connectivity index (χ2n) is 3.87. The second-order valence-corrected chi connectivity index (χ2v) is 3.87. The van der Waals surface area contributed by atoms with Gasteiger partial charge in [0.1, 0.15) is 0 Å². The first-order chi connectivity index (χ1) is 8.40. The van der Waals surface area contributed by atoms with Gasteiger partial charge in [0.05, 0.1) is 0 Å². The van der Waals surface area contributed by atoms with Crippen molar-refractivity contribution in [1.29, 1.82) is 0 Å². The summed E-state index contributed by atoms with van der Waals surface area (Å²) in [4.78, 5) is 0. The number of benzene rings is 2. The van der Waals surface area contributed by atoms with Gasteiger partial charge in [-0.2, -0.15) is 0 Å². The number of allylic oxidation sites excluding steroid dienone is 3. The first-order valence-corrected chi connectivity index (χ1v) is 5.85. The Balaban J connectivity index is 2.19. The molecule has 17 heavy (non-hydrogen) atoms. The predicted molar refractivity (Wildman–Crippen MR) is 75.7 cm³/mol. The Morgan fingerprint density at radius 1 is 0.706 bits per heavy atom. The van der Waals surface area contributed by atoms with Crippen LogP contribution in [0.3, 0.4) is 0 Å². The van der Waals surface area contributed by atoms with E-state index in [4.69, 9.17) is 0 Å². The van der Waals surface area contributed by atoms with Crippen molar-refractivity contribution in [1.82, 2.24) is 0 Å². The Bertz CT molecular complexity index is 501. The zero-order valence-electron chi connectivity index (χ0n) is 10.0. The molecule has 0 aliphatic carbocycles. The van der Waals surface area contributed by atoms with E-state index in [2.05, 4.69) is 60.7 Å². The molecule has 0 fully saturated rings. The van der Waals surface area contributed by atoms with Crippen molar-refractivity contribution in [3.8, 4) is 11.1 Å². The maximum Gasteiger partial charge on any atom is -0.0184 e. The van der Waals surface area contributed by atoms with E-state index >= 15 is 0 Å². The average Bonchev–Trinajstić information content (AvgIpc) is 2.41. The molecule has 0 nitrogen and oxygen atoms in total. The van der Waals surface area contributed by atoms with E-state index in [-0.39, 0.29) is 0 Å². The van der Waals surface area contributed by atoms with Gasteiger partial charge in [0.2, 0.25) is 0 Å². The summed E-state index contributed by atoms with van der Waals surface area (Å²) in [6, 6.07) is 19.0. The van der Waals surface area contributed by atoms with Gasteiger partial charge in [-0.25, -0.2) is 0 Å². The van der Waals surface area contributed by atoms with Gasteiger partial charge in [0, 0.05) is 0 Å². The molecule has 0 unspecified atom stereocenters. The third-order valence-electron chi connectivity index (χ3n) is 2.61. The summed E-state index contributed by atoms with van der Waals surface area (Å²) in [6.07, 6.45) is 8.21. The molecule has 0 radical (unpaired) electrons. The summed E-state index contributed by atoms with van der Waals surface area (Å²) in [6.45, 7) is 2.02. The molecule has 2 aromatic carbocycles. The van der Waals surface area contributed by atoms with Gasteiger partial charge in [0.25, 0.3) is 0 Å². The Morgan fingerprint density at radius 2 is 1.35 bits per heavy atom. The number of hydrogen-bond acceptors (Lipinski definition) is 0. The summed E-state index contributed by atoms with van der Waals surface area (Å²) >= 11 is 0. The lowest BCUT2D eigenvalue weighted by atomic mass is 10.0. The van der Waals surface area contributed by atoms with Crippen molar-refractivity contribution in [3.05, 3.63) is 78.4 Å². The van der Waals surface area contributed by atoms with Crippen LogP contribution < -0.4 is 0 Å². The highest BCUT2D eigenvalue weighted by molar-refractivity contribution is 5.65. The summed E-state index contributed by atoms with van der Waals surface area (Å²) in [5.41, 5.74) is 3.74. The maximum atomic E-state index is 2.16. The Labute approximate surface area is 103 Å². The predicted octanol–water partition coefficient (Wildman–Crippen LogP) is 4.94. The quantitative estimate of drug-likeness (QED) is 0.642. The van der Waals surface area contributed by atoms with E-state index in [9.17, 15) is 0 Å². The standard InChI is InChI=1S/C17H16/c1-2-3-5-8-15-11-13-17(14-12-15)16-9-6-4-7-10-16/h2-14H,1H3/b3-2+,8-5+. The van der Waals surface area contributed by atoms with Crippen LogP contribution in [0.4, 0.5) is 0 Å². The van der Waals surface area contributed by atoms with Crippen LogP contribution in [0.25, 0.3) is 17.2 Å². The lowest BCUT2D eigenvalue weighted by molar-refractivity contribution is 1.60. The molecular weight excluding hydrogens is 204 g/mol. The van der Waals surface area contributed by atoms with E-state index in [1.54, 1.807) is 0 Å². The fourth-order valence-electron chi connectivity index (χ4n) is 1.70. The fraction of sp³-hybridized carbons (Fsp3) is 0.0588. The monoisotopic (exact) mass is 220 g/mol. The van der Waals surface area contributed by atoms with Crippen molar-refractivity contribution < 1.29 is 0 Å². The molecule has 2 aromatic rings. The summed E-state index contributed by atoms with van der Waals surface area (Å²) < 4.78 is 0. The van der Waals surface area contributed by atoms with Crippen molar-refractivity contribution in [2.24, 2.45) is 0 Å². The minimum atomic E-state index is 1.22. The molecule has 84 valence electrons. The first-order valence-electron chi connectivity index (χ1n) is 5.85. The third kappa shape index (κ3) is 3.18. The Kier molecular flexibility index (Phi) is 3.93. The summed E-state index contributed by atoms with van der Waals surface area (Å²) in [5, 5.41) is 0. The lowest BCUT2D eigenvalue weighted by Gasteiger charge is -2.01. The minimum absolute atomic E-state index is 1.22. The van der Waals surface area contributed by atoms with Gasteiger partial charge < -0.3 is 0 Å². The van der Waals surface area contributed by atoms with E-state index < -0.39 is 0 Å². The van der Waals surface area contributed by atoms with Crippen LogP contribution in [0, 0.1) is 0 Å². The fourth-order valence-corrected chi connectivity index (χ4v) is 1.70. The topological polar surface area (TPSA) is 0 Å². The number of hydrogen-bond donors (Lipinski definition) is 0. The number of rotatable bonds is 3. The van der Waals surface area contributed by atoms with Crippen molar-refractivity contribution >= 4 is 6.08 Å².